The van der Waals surface area contributed by atoms with Crippen molar-refractivity contribution in [3.63, 3.8) is 0 Å². The molecule has 26 heavy (non-hydrogen) atoms. The molecule has 0 fully saturated rings. The molecule has 3 rings (SSSR count). The fraction of sp³-hybridized carbons (Fsp3) is 0.0909. The van der Waals surface area contributed by atoms with Crippen LogP contribution in [0.5, 0.6) is 0 Å². The van der Waals surface area contributed by atoms with Gasteiger partial charge in [-0.25, -0.2) is 0 Å². The predicted octanol–water partition coefficient (Wildman–Crippen LogP) is 4.98. The molecule has 0 amide bonds. The Morgan fingerprint density at radius 2 is 1.42 bits per heavy atom. The van der Waals surface area contributed by atoms with Crippen molar-refractivity contribution in [1.82, 2.24) is 0 Å². The minimum atomic E-state index is -3.88. The molecule has 0 atom stereocenters. The van der Waals surface area contributed by atoms with Gasteiger partial charge in [0.05, 0.1) is 0 Å². The summed E-state index contributed by atoms with van der Waals surface area (Å²) in [5.74, 6) is 0.378. The third-order valence-electron chi connectivity index (χ3n) is 3.87. The molecule has 0 N–H and O–H groups in total. The summed E-state index contributed by atoms with van der Waals surface area (Å²) in [7, 11) is -3.88. The van der Waals surface area contributed by atoms with Crippen LogP contribution in [0.4, 0.5) is 0 Å². The first-order valence-electron chi connectivity index (χ1n) is 8.34. The minimum absolute atomic E-state index is 0.148. The fourth-order valence-corrected chi connectivity index (χ4v) is 3.49. The highest BCUT2D eigenvalue weighted by molar-refractivity contribution is 7.86. The average molecular weight is 364 g/mol. The highest BCUT2D eigenvalue weighted by Gasteiger charge is 2.18. The monoisotopic (exact) mass is 364 g/mol. The Labute approximate surface area is 154 Å². The summed E-state index contributed by atoms with van der Waals surface area (Å²) in [6.45, 7) is 1.91. The first-order valence-corrected chi connectivity index (χ1v) is 9.74. The number of allylic oxidation sites excluding steroid dienone is 1. The van der Waals surface area contributed by atoms with E-state index in [1.54, 1.807) is 30.3 Å². The zero-order valence-corrected chi connectivity index (χ0v) is 15.3. The molecule has 0 saturated carbocycles. The van der Waals surface area contributed by atoms with E-state index in [0.29, 0.717) is 12.2 Å². The van der Waals surface area contributed by atoms with Crippen molar-refractivity contribution in [3.8, 4) is 0 Å². The maximum absolute atomic E-state index is 12.7. The highest BCUT2D eigenvalue weighted by atomic mass is 32.2. The van der Waals surface area contributed by atoms with Crippen molar-refractivity contribution in [1.29, 1.82) is 0 Å². The Hall–Kier alpha value is -2.85. The van der Waals surface area contributed by atoms with E-state index in [4.69, 9.17) is 4.18 Å². The maximum Gasteiger partial charge on any atom is 0.338 e. The summed E-state index contributed by atoms with van der Waals surface area (Å²) < 4.78 is 30.8. The molecule has 0 heterocycles. The third-order valence-corrected chi connectivity index (χ3v) is 5.16. The zero-order chi connectivity index (χ0) is 18.4. The Kier molecular flexibility index (Phi) is 5.54. The van der Waals surface area contributed by atoms with Gasteiger partial charge in [0.25, 0.3) is 0 Å². The number of rotatable bonds is 6. The molecular weight excluding hydrogens is 344 g/mol. The zero-order valence-electron chi connectivity index (χ0n) is 14.5. The number of hydrogen-bond donors (Lipinski definition) is 0. The fourth-order valence-electron chi connectivity index (χ4n) is 2.53. The van der Waals surface area contributed by atoms with Crippen molar-refractivity contribution in [2.24, 2.45) is 0 Å². The lowest BCUT2D eigenvalue weighted by Crippen LogP contribution is -2.08. The first-order chi connectivity index (χ1) is 12.5. The van der Waals surface area contributed by atoms with Gasteiger partial charge in [-0.2, -0.15) is 8.42 Å². The van der Waals surface area contributed by atoms with Crippen molar-refractivity contribution in [2.45, 2.75) is 18.2 Å². The van der Waals surface area contributed by atoms with E-state index >= 15 is 0 Å². The Bertz CT molecular complexity index is 975. The molecule has 4 heteroatoms. The van der Waals surface area contributed by atoms with Crippen molar-refractivity contribution in [3.05, 3.63) is 107 Å². The molecule has 3 aromatic carbocycles. The van der Waals surface area contributed by atoms with Gasteiger partial charge in [0, 0.05) is 6.42 Å². The molecule has 0 aromatic heterocycles. The molecule has 132 valence electrons. The van der Waals surface area contributed by atoms with Gasteiger partial charge in [-0.15, -0.1) is 0 Å². The molecule has 3 aromatic rings. The molecular formula is C22H20O3S. The van der Waals surface area contributed by atoms with Gasteiger partial charge in [-0.05, 0) is 36.3 Å². The van der Waals surface area contributed by atoms with Crippen LogP contribution in [0.25, 0.3) is 6.08 Å². The predicted molar refractivity (Wildman–Crippen MR) is 104 cm³/mol. The van der Waals surface area contributed by atoms with Crippen LogP contribution in [0.1, 0.15) is 16.7 Å². The Balaban J connectivity index is 1.92. The highest BCUT2D eigenvalue weighted by Crippen LogP contribution is 2.21. The lowest BCUT2D eigenvalue weighted by atomic mass is 10.1. The second kappa shape index (κ2) is 8.02. The quantitative estimate of drug-likeness (QED) is 0.457. The van der Waals surface area contributed by atoms with Crippen molar-refractivity contribution >= 4 is 16.2 Å². The Morgan fingerprint density at radius 1 is 0.846 bits per heavy atom. The number of hydrogen-bond acceptors (Lipinski definition) is 3. The van der Waals surface area contributed by atoms with Gasteiger partial charge in [0.2, 0.25) is 0 Å². The van der Waals surface area contributed by atoms with Crippen LogP contribution in [-0.2, 0) is 20.7 Å². The van der Waals surface area contributed by atoms with Crippen LogP contribution < -0.4 is 0 Å². The van der Waals surface area contributed by atoms with Gasteiger partial charge in [0.15, 0.2) is 0 Å². The van der Waals surface area contributed by atoms with E-state index < -0.39 is 10.1 Å². The van der Waals surface area contributed by atoms with E-state index in [1.165, 1.54) is 0 Å². The molecule has 0 unspecified atom stereocenters. The molecule has 0 aliphatic carbocycles. The maximum atomic E-state index is 12.7. The normalized spacial score (nSPS) is 12.0. The average Bonchev–Trinajstić information content (AvgIpc) is 2.63. The van der Waals surface area contributed by atoms with Crippen LogP contribution in [0.3, 0.4) is 0 Å². The lowest BCUT2D eigenvalue weighted by Gasteiger charge is -2.12. The second-order valence-corrected chi connectivity index (χ2v) is 7.58. The molecule has 3 nitrogen and oxygen atoms in total. The molecule has 0 bridgehead atoms. The molecule has 0 aliphatic heterocycles. The molecule has 0 aliphatic rings. The van der Waals surface area contributed by atoms with Crippen molar-refractivity contribution in [2.75, 3.05) is 0 Å². The molecule has 0 radical (unpaired) electrons. The minimum Gasteiger partial charge on any atom is -0.383 e. The topological polar surface area (TPSA) is 43.4 Å². The van der Waals surface area contributed by atoms with Gasteiger partial charge in [-0.3, -0.25) is 0 Å². The largest absolute Gasteiger partial charge is 0.383 e. The SMILES string of the molecule is Cc1ccc(S(=O)(=O)O/C(=C\c2ccccc2)Cc2ccccc2)cc1. The van der Waals surface area contributed by atoms with Crippen LogP contribution in [-0.4, -0.2) is 8.42 Å². The summed E-state index contributed by atoms with van der Waals surface area (Å²) in [5, 5.41) is 0. The summed E-state index contributed by atoms with van der Waals surface area (Å²) in [4.78, 5) is 0.148. The number of benzene rings is 3. The van der Waals surface area contributed by atoms with Gasteiger partial charge in [0.1, 0.15) is 10.7 Å². The molecule has 0 saturated heterocycles. The third kappa shape index (κ3) is 4.83. The summed E-state index contributed by atoms with van der Waals surface area (Å²) in [6.07, 6.45) is 2.15. The van der Waals surface area contributed by atoms with E-state index in [0.717, 1.165) is 16.7 Å². The Morgan fingerprint density at radius 3 is 2.04 bits per heavy atom. The van der Waals surface area contributed by atoms with Crippen molar-refractivity contribution < 1.29 is 12.6 Å². The first kappa shape index (κ1) is 18.0. The number of aryl methyl sites for hydroxylation is 1. The van der Waals surface area contributed by atoms with Gasteiger partial charge < -0.3 is 4.18 Å². The van der Waals surface area contributed by atoms with E-state index in [1.807, 2.05) is 67.6 Å². The summed E-state index contributed by atoms with van der Waals surface area (Å²) in [5.41, 5.74) is 2.86. The van der Waals surface area contributed by atoms with Gasteiger partial charge >= 0.3 is 10.1 Å². The summed E-state index contributed by atoms with van der Waals surface area (Å²) in [6, 6.07) is 25.8. The second-order valence-electron chi connectivity index (χ2n) is 6.03. The smallest absolute Gasteiger partial charge is 0.338 e. The standard InChI is InChI=1S/C22H20O3S/c1-18-12-14-22(15-13-18)26(23,24)25-21(16-19-8-4-2-5-9-19)17-20-10-6-3-7-11-20/h2-16H,17H2,1H3/b21-16-. The lowest BCUT2D eigenvalue weighted by molar-refractivity contribution is 0.401. The van der Waals surface area contributed by atoms with Crippen LogP contribution >= 0.6 is 0 Å². The summed E-state index contributed by atoms with van der Waals surface area (Å²) >= 11 is 0. The van der Waals surface area contributed by atoms with Crippen LogP contribution in [0, 0.1) is 6.92 Å². The van der Waals surface area contributed by atoms with Crippen LogP contribution in [0.15, 0.2) is 95.6 Å². The van der Waals surface area contributed by atoms with E-state index in [2.05, 4.69) is 0 Å². The van der Waals surface area contributed by atoms with Crippen LogP contribution in [0.2, 0.25) is 0 Å². The van der Waals surface area contributed by atoms with E-state index in [-0.39, 0.29) is 4.90 Å². The van der Waals surface area contributed by atoms with Gasteiger partial charge in [-0.1, -0.05) is 78.4 Å². The van der Waals surface area contributed by atoms with E-state index in [9.17, 15) is 8.42 Å². The molecule has 0 spiro atoms.